The van der Waals surface area contributed by atoms with Crippen LogP contribution in [0.3, 0.4) is 0 Å². The molecule has 0 saturated carbocycles. The van der Waals surface area contributed by atoms with Crippen molar-refractivity contribution >= 4 is 17.8 Å². The van der Waals surface area contributed by atoms with Crippen LogP contribution in [-0.2, 0) is 4.74 Å². The first kappa shape index (κ1) is 16.7. The summed E-state index contributed by atoms with van der Waals surface area (Å²) in [6.45, 7) is 1.30. The Labute approximate surface area is 136 Å². The van der Waals surface area contributed by atoms with Gasteiger partial charge in [0.15, 0.2) is 0 Å². The van der Waals surface area contributed by atoms with Crippen molar-refractivity contribution in [2.75, 3.05) is 24.7 Å². The van der Waals surface area contributed by atoms with E-state index in [4.69, 9.17) is 11.2 Å². The molecule has 1 aromatic rings. The third-order valence-electron chi connectivity index (χ3n) is 3.51. The average Bonchev–Trinajstić information content (AvgIpc) is 2.56. The Hall–Kier alpha value is -1.64. The number of terminal acetylenes is 1. The Balaban J connectivity index is 1.71. The Morgan fingerprint density at radius 3 is 3.00 bits per heavy atom. The van der Waals surface area contributed by atoms with Gasteiger partial charge in [-0.1, -0.05) is 36.3 Å². The normalized spacial score (nSPS) is 20.9. The van der Waals surface area contributed by atoms with Gasteiger partial charge in [-0.05, 0) is 18.4 Å². The summed E-state index contributed by atoms with van der Waals surface area (Å²) in [5.41, 5.74) is 1.17. The molecule has 2 atom stereocenters. The van der Waals surface area contributed by atoms with Gasteiger partial charge in [0.2, 0.25) is 0 Å². The summed E-state index contributed by atoms with van der Waals surface area (Å²) >= 11 is 1.64. The smallest absolute Gasteiger partial charge is 0.315 e. The number of rotatable bonds is 6. The number of hydrogen-bond acceptors (Lipinski definition) is 3. The highest BCUT2D eigenvalue weighted by Gasteiger charge is 2.24. The molecule has 1 aromatic carbocycles. The maximum Gasteiger partial charge on any atom is 0.315 e. The lowest BCUT2D eigenvalue weighted by Crippen LogP contribution is -2.45. The van der Waals surface area contributed by atoms with Crippen molar-refractivity contribution in [1.29, 1.82) is 0 Å². The number of ether oxygens (including phenoxy) is 1. The number of nitrogens with one attached hydrogen (secondary N) is 2. The molecule has 0 radical (unpaired) electrons. The summed E-state index contributed by atoms with van der Waals surface area (Å²) in [4.78, 5) is 11.9. The minimum absolute atomic E-state index is 0.0615. The second kappa shape index (κ2) is 9.39. The van der Waals surface area contributed by atoms with Gasteiger partial charge >= 0.3 is 6.03 Å². The zero-order valence-corrected chi connectivity index (χ0v) is 13.4. The topological polar surface area (TPSA) is 50.4 Å². The highest BCUT2D eigenvalue weighted by molar-refractivity contribution is 7.99. The zero-order chi connectivity index (χ0) is 15.6. The molecule has 22 heavy (non-hydrogen) atoms. The molecule has 2 N–H and O–H groups in total. The summed E-state index contributed by atoms with van der Waals surface area (Å²) in [7, 11) is 0. The van der Waals surface area contributed by atoms with E-state index in [1.54, 1.807) is 11.8 Å². The van der Waals surface area contributed by atoms with Crippen LogP contribution in [0.5, 0.6) is 0 Å². The maximum absolute atomic E-state index is 11.9. The van der Waals surface area contributed by atoms with Gasteiger partial charge < -0.3 is 15.4 Å². The fraction of sp³-hybridized carbons (Fsp3) is 0.471. The van der Waals surface area contributed by atoms with Gasteiger partial charge in [-0.25, -0.2) is 4.79 Å². The van der Waals surface area contributed by atoms with Crippen molar-refractivity contribution in [2.24, 2.45) is 0 Å². The lowest BCUT2D eigenvalue weighted by Gasteiger charge is -2.30. The van der Waals surface area contributed by atoms with E-state index in [-0.39, 0.29) is 18.2 Å². The number of carbonyl (C=O) groups is 1. The zero-order valence-electron chi connectivity index (χ0n) is 12.6. The molecule has 1 aliphatic rings. The first-order valence-corrected chi connectivity index (χ1v) is 8.67. The molecular formula is C17H22N2O2S. The third-order valence-corrected chi connectivity index (χ3v) is 4.37. The Kier molecular flexibility index (Phi) is 7.14. The number of urea groups is 1. The molecule has 0 bridgehead atoms. The van der Waals surface area contributed by atoms with Crippen molar-refractivity contribution in [1.82, 2.24) is 10.6 Å². The van der Waals surface area contributed by atoms with Crippen LogP contribution in [0.1, 0.15) is 24.5 Å². The molecule has 0 unspecified atom stereocenters. The predicted molar refractivity (Wildman–Crippen MR) is 90.8 cm³/mol. The molecule has 1 heterocycles. The summed E-state index contributed by atoms with van der Waals surface area (Å²) in [5, 5.41) is 5.89. The fourth-order valence-corrected chi connectivity index (χ4v) is 2.94. The Morgan fingerprint density at radius 2 is 2.23 bits per heavy atom. The van der Waals surface area contributed by atoms with Gasteiger partial charge in [0, 0.05) is 24.9 Å². The summed E-state index contributed by atoms with van der Waals surface area (Å²) in [6.07, 6.45) is 6.89. The lowest BCUT2D eigenvalue weighted by atomic mass is 9.97. The highest BCUT2D eigenvalue weighted by atomic mass is 32.2. The summed E-state index contributed by atoms with van der Waals surface area (Å²) < 4.78 is 5.81. The van der Waals surface area contributed by atoms with E-state index in [0.29, 0.717) is 18.9 Å². The lowest BCUT2D eigenvalue weighted by molar-refractivity contribution is 0.00228. The number of carbonyl (C=O) groups excluding carboxylic acids is 1. The van der Waals surface area contributed by atoms with Crippen LogP contribution >= 0.6 is 11.8 Å². The van der Waals surface area contributed by atoms with Crippen molar-refractivity contribution in [3.8, 4) is 12.3 Å². The van der Waals surface area contributed by atoms with E-state index >= 15 is 0 Å². The van der Waals surface area contributed by atoms with Crippen LogP contribution in [0.4, 0.5) is 4.79 Å². The van der Waals surface area contributed by atoms with Crippen LogP contribution < -0.4 is 10.6 Å². The van der Waals surface area contributed by atoms with Gasteiger partial charge in [0.1, 0.15) is 0 Å². The van der Waals surface area contributed by atoms with E-state index in [0.717, 1.165) is 18.6 Å². The van der Waals surface area contributed by atoms with Gasteiger partial charge in [-0.3, -0.25) is 0 Å². The molecule has 2 amide bonds. The number of benzene rings is 1. The average molecular weight is 318 g/mol. The predicted octanol–water partition coefficient (Wildman–Crippen LogP) is 2.57. The quantitative estimate of drug-likeness (QED) is 0.626. The van der Waals surface area contributed by atoms with Gasteiger partial charge in [0.25, 0.3) is 0 Å². The molecule has 0 aromatic heterocycles. The van der Waals surface area contributed by atoms with Crippen LogP contribution in [0.15, 0.2) is 30.3 Å². The Bertz CT molecular complexity index is 501. The number of hydrogen-bond donors (Lipinski definition) is 2. The molecule has 2 rings (SSSR count). The molecule has 118 valence electrons. The van der Waals surface area contributed by atoms with Gasteiger partial charge in [-0.15, -0.1) is 18.2 Å². The molecule has 0 aliphatic carbocycles. The first-order chi connectivity index (χ1) is 10.8. The third kappa shape index (κ3) is 5.63. The minimum Gasteiger partial charge on any atom is -0.373 e. The molecule has 1 fully saturated rings. The summed E-state index contributed by atoms with van der Waals surface area (Å²) in [5.74, 6) is 4.08. The SMILES string of the molecule is C#CCSCCNC(=O)N[C@H]1CCO[C@H](c2ccccc2)C1. The molecular weight excluding hydrogens is 296 g/mol. The Morgan fingerprint density at radius 1 is 1.41 bits per heavy atom. The van der Waals surface area contributed by atoms with Gasteiger partial charge in [0.05, 0.1) is 11.9 Å². The van der Waals surface area contributed by atoms with Crippen LogP contribution in [0.25, 0.3) is 0 Å². The fourth-order valence-electron chi connectivity index (χ4n) is 2.43. The van der Waals surface area contributed by atoms with E-state index in [1.165, 1.54) is 5.56 Å². The van der Waals surface area contributed by atoms with Crippen molar-refractivity contribution in [2.45, 2.75) is 25.0 Å². The largest absolute Gasteiger partial charge is 0.373 e. The van der Waals surface area contributed by atoms with E-state index < -0.39 is 0 Å². The molecule has 5 heteroatoms. The minimum atomic E-state index is -0.111. The monoisotopic (exact) mass is 318 g/mol. The van der Waals surface area contributed by atoms with E-state index in [9.17, 15) is 4.79 Å². The number of thioether (sulfide) groups is 1. The second-order valence-electron chi connectivity index (χ2n) is 5.15. The first-order valence-electron chi connectivity index (χ1n) is 7.51. The molecule has 1 saturated heterocycles. The van der Waals surface area contributed by atoms with Crippen LogP contribution in [-0.4, -0.2) is 36.7 Å². The molecule has 0 spiro atoms. The standard InChI is InChI=1S/C17H22N2O2S/c1-2-11-22-12-9-18-17(20)19-15-8-10-21-16(13-15)14-6-4-3-5-7-14/h1,3-7,15-16H,8-13H2,(H2,18,19,20)/t15-,16-/m0/s1. The van der Waals surface area contributed by atoms with Crippen molar-refractivity contribution in [3.05, 3.63) is 35.9 Å². The maximum atomic E-state index is 11.9. The molecule has 1 aliphatic heterocycles. The second-order valence-corrected chi connectivity index (χ2v) is 6.25. The van der Waals surface area contributed by atoms with Crippen molar-refractivity contribution < 1.29 is 9.53 Å². The van der Waals surface area contributed by atoms with Crippen molar-refractivity contribution in [3.63, 3.8) is 0 Å². The van der Waals surface area contributed by atoms with Crippen LogP contribution in [0.2, 0.25) is 0 Å². The van der Waals surface area contributed by atoms with Gasteiger partial charge in [-0.2, -0.15) is 0 Å². The van der Waals surface area contributed by atoms with E-state index in [2.05, 4.69) is 28.7 Å². The highest BCUT2D eigenvalue weighted by Crippen LogP contribution is 2.27. The van der Waals surface area contributed by atoms with E-state index in [1.807, 2.05) is 18.2 Å². The number of amides is 2. The molecule has 4 nitrogen and oxygen atoms in total. The summed E-state index contributed by atoms with van der Waals surface area (Å²) in [6, 6.07) is 10.2. The van der Waals surface area contributed by atoms with Crippen LogP contribution in [0, 0.1) is 12.3 Å².